The van der Waals surface area contributed by atoms with Crippen molar-refractivity contribution in [2.24, 2.45) is 0 Å². The maximum Gasteiger partial charge on any atom is 0.287 e. The van der Waals surface area contributed by atoms with Crippen molar-refractivity contribution >= 4 is 11.8 Å². The predicted molar refractivity (Wildman–Crippen MR) is 100 cm³/mol. The molecule has 0 aliphatic carbocycles. The predicted octanol–water partition coefficient (Wildman–Crippen LogP) is 2.22. The lowest BCUT2D eigenvalue weighted by Gasteiger charge is -2.23. The van der Waals surface area contributed by atoms with E-state index in [1.807, 2.05) is 37.3 Å². The van der Waals surface area contributed by atoms with Gasteiger partial charge in [0.1, 0.15) is 6.04 Å². The standard InChI is InChI=1S/C20H22N4O4/c1-3-17-22-18(28-23-17)13-24(2)20(26)15(12-14-8-5-4-6-9-14)21-19(25)16-10-7-11-27-16/h4-11,15H,3,12-13H2,1-2H3,(H,21,25). The number of hydrogen-bond donors (Lipinski definition) is 1. The molecule has 0 bridgehead atoms. The molecule has 1 unspecified atom stereocenters. The van der Waals surface area contributed by atoms with Gasteiger partial charge < -0.3 is 19.2 Å². The molecule has 8 nitrogen and oxygen atoms in total. The Hall–Kier alpha value is -3.42. The van der Waals surface area contributed by atoms with E-state index in [4.69, 9.17) is 8.94 Å². The maximum absolute atomic E-state index is 13.0. The molecule has 28 heavy (non-hydrogen) atoms. The van der Waals surface area contributed by atoms with Crippen LogP contribution in [0.1, 0.15) is 34.8 Å². The molecule has 0 aliphatic rings. The fraction of sp³-hybridized carbons (Fsp3) is 0.300. The molecule has 8 heteroatoms. The number of nitrogens with zero attached hydrogens (tertiary/aromatic N) is 3. The van der Waals surface area contributed by atoms with Gasteiger partial charge in [0.15, 0.2) is 11.6 Å². The molecule has 2 amide bonds. The molecule has 0 saturated heterocycles. The van der Waals surface area contributed by atoms with Crippen LogP contribution in [0.3, 0.4) is 0 Å². The zero-order chi connectivity index (χ0) is 19.9. The van der Waals surface area contributed by atoms with E-state index in [-0.39, 0.29) is 18.2 Å². The van der Waals surface area contributed by atoms with E-state index >= 15 is 0 Å². The minimum atomic E-state index is -0.765. The van der Waals surface area contributed by atoms with Crippen molar-refractivity contribution in [3.63, 3.8) is 0 Å². The Morgan fingerprint density at radius 2 is 1.96 bits per heavy atom. The summed E-state index contributed by atoms with van der Waals surface area (Å²) in [6.07, 6.45) is 2.41. The van der Waals surface area contributed by atoms with Gasteiger partial charge in [-0.15, -0.1) is 0 Å². The normalized spacial score (nSPS) is 11.8. The summed E-state index contributed by atoms with van der Waals surface area (Å²) in [7, 11) is 1.63. The summed E-state index contributed by atoms with van der Waals surface area (Å²) in [5, 5.41) is 6.60. The maximum atomic E-state index is 13.0. The van der Waals surface area contributed by atoms with Gasteiger partial charge in [0.25, 0.3) is 5.91 Å². The molecule has 2 aromatic heterocycles. The first-order chi connectivity index (χ1) is 13.6. The molecule has 0 spiro atoms. The van der Waals surface area contributed by atoms with Crippen LogP contribution in [0, 0.1) is 0 Å². The zero-order valence-corrected chi connectivity index (χ0v) is 15.8. The summed E-state index contributed by atoms with van der Waals surface area (Å²) >= 11 is 0. The Bertz CT molecular complexity index is 905. The summed E-state index contributed by atoms with van der Waals surface area (Å²) in [6, 6.07) is 11.9. The highest BCUT2D eigenvalue weighted by Gasteiger charge is 2.26. The summed E-state index contributed by atoms with van der Waals surface area (Å²) < 4.78 is 10.3. The summed E-state index contributed by atoms with van der Waals surface area (Å²) in [5.74, 6) is 0.378. The van der Waals surface area contributed by atoms with Crippen LogP contribution in [-0.4, -0.2) is 39.9 Å². The number of hydrogen-bond acceptors (Lipinski definition) is 6. The van der Waals surface area contributed by atoms with Crippen molar-refractivity contribution in [1.29, 1.82) is 0 Å². The van der Waals surface area contributed by atoms with E-state index < -0.39 is 11.9 Å². The third-order valence-corrected chi connectivity index (χ3v) is 4.21. The number of aryl methyl sites for hydroxylation is 1. The quantitative estimate of drug-likeness (QED) is 0.641. The SMILES string of the molecule is CCc1noc(CN(C)C(=O)C(Cc2ccccc2)NC(=O)c2ccco2)n1. The molecule has 0 radical (unpaired) electrons. The molecule has 1 atom stereocenters. The van der Waals surface area contributed by atoms with Crippen LogP contribution in [0.4, 0.5) is 0 Å². The summed E-state index contributed by atoms with van der Waals surface area (Å²) in [6.45, 7) is 2.08. The number of benzene rings is 1. The second-order valence-corrected chi connectivity index (χ2v) is 6.35. The van der Waals surface area contributed by atoms with Gasteiger partial charge in [-0.3, -0.25) is 9.59 Å². The molecule has 1 N–H and O–H groups in total. The van der Waals surface area contributed by atoms with Gasteiger partial charge >= 0.3 is 0 Å². The van der Waals surface area contributed by atoms with Gasteiger partial charge in [0, 0.05) is 19.9 Å². The lowest BCUT2D eigenvalue weighted by Crippen LogP contribution is -2.48. The fourth-order valence-corrected chi connectivity index (χ4v) is 2.73. The first kappa shape index (κ1) is 19.3. The largest absolute Gasteiger partial charge is 0.459 e. The van der Waals surface area contributed by atoms with Crippen molar-refractivity contribution in [1.82, 2.24) is 20.4 Å². The average Bonchev–Trinajstić information content (AvgIpc) is 3.39. The van der Waals surface area contributed by atoms with E-state index in [1.165, 1.54) is 11.2 Å². The van der Waals surface area contributed by atoms with Gasteiger partial charge in [-0.2, -0.15) is 4.98 Å². The second kappa shape index (κ2) is 8.98. The van der Waals surface area contributed by atoms with Gasteiger partial charge in [-0.25, -0.2) is 0 Å². The number of nitrogens with one attached hydrogen (secondary N) is 1. The third kappa shape index (κ3) is 4.85. The van der Waals surface area contributed by atoms with Gasteiger partial charge in [-0.1, -0.05) is 42.4 Å². The number of aromatic nitrogens is 2. The molecule has 2 heterocycles. The van der Waals surface area contributed by atoms with E-state index in [0.717, 1.165) is 5.56 Å². The molecule has 3 aromatic rings. The monoisotopic (exact) mass is 382 g/mol. The van der Waals surface area contributed by atoms with Crippen molar-refractivity contribution in [2.75, 3.05) is 7.05 Å². The first-order valence-corrected chi connectivity index (χ1v) is 9.01. The number of rotatable bonds is 8. The second-order valence-electron chi connectivity index (χ2n) is 6.35. The van der Waals surface area contributed by atoms with Crippen LogP contribution < -0.4 is 5.32 Å². The van der Waals surface area contributed by atoms with Crippen molar-refractivity contribution in [3.05, 3.63) is 71.8 Å². The molecule has 0 fully saturated rings. The Kier molecular flexibility index (Phi) is 6.21. The highest BCUT2D eigenvalue weighted by molar-refractivity contribution is 5.95. The fourth-order valence-electron chi connectivity index (χ4n) is 2.73. The lowest BCUT2D eigenvalue weighted by molar-refractivity contribution is -0.132. The van der Waals surface area contributed by atoms with Crippen molar-refractivity contribution < 1.29 is 18.5 Å². The van der Waals surface area contributed by atoms with E-state index in [0.29, 0.717) is 24.6 Å². The van der Waals surface area contributed by atoms with Crippen LogP contribution in [0.5, 0.6) is 0 Å². The Morgan fingerprint density at radius 1 is 1.18 bits per heavy atom. The van der Waals surface area contributed by atoms with E-state index in [9.17, 15) is 9.59 Å². The lowest BCUT2D eigenvalue weighted by atomic mass is 10.0. The van der Waals surface area contributed by atoms with E-state index in [2.05, 4.69) is 15.5 Å². The molecule has 0 saturated carbocycles. The first-order valence-electron chi connectivity index (χ1n) is 9.01. The zero-order valence-electron chi connectivity index (χ0n) is 15.8. The molecule has 3 rings (SSSR count). The molecule has 146 valence electrons. The molecule has 1 aromatic carbocycles. The Morgan fingerprint density at radius 3 is 2.61 bits per heavy atom. The van der Waals surface area contributed by atoms with Crippen LogP contribution in [0.15, 0.2) is 57.7 Å². The minimum Gasteiger partial charge on any atom is -0.459 e. The van der Waals surface area contributed by atoms with Crippen LogP contribution >= 0.6 is 0 Å². The highest BCUT2D eigenvalue weighted by Crippen LogP contribution is 2.10. The number of furan rings is 1. The number of likely N-dealkylation sites (N-methyl/N-ethyl adjacent to an activating group) is 1. The summed E-state index contributed by atoms with van der Waals surface area (Å²) in [5.41, 5.74) is 0.931. The smallest absolute Gasteiger partial charge is 0.287 e. The van der Waals surface area contributed by atoms with Crippen molar-refractivity contribution in [3.8, 4) is 0 Å². The van der Waals surface area contributed by atoms with E-state index in [1.54, 1.807) is 19.2 Å². The Balaban J connectivity index is 1.73. The molecular formula is C20H22N4O4. The van der Waals surface area contributed by atoms with Gasteiger partial charge in [-0.05, 0) is 17.7 Å². The third-order valence-electron chi connectivity index (χ3n) is 4.21. The van der Waals surface area contributed by atoms with Crippen LogP contribution in [0.25, 0.3) is 0 Å². The van der Waals surface area contributed by atoms with Crippen LogP contribution in [-0.2, 0) is 24.2 Å². The van der Waals surface area contributed by atoms with Gasteiger partial charge in [0.05, 0.1) is 12.8 Å². The highest BCUT2D eigenvalue weighted by atomic mass is 16.5. The van der Waals surface area contributed by atoms with Crippen molar-refractivity contribution in [2.45, 2.75) is 32.4 Å². The van der Waals surface area contributed by atoms with Crippen LogP contribution in [0.2, 0.25) is 0 Å². The summed E-state index contributed by atoms with van der Waals surface area (Å²) in [4.78, 5) is 31.1. The number of amides is 2. The molecular weight excluding hydrogens is 360 g/mol. The number of carbonyl (C=O) groups excluding carboxylic acids is 2. The Labute approximate surface area is 162 Å². The topological polar surface area (TPSA) is 101 Å². The number of carbonyl (C=O) groups is 2. The van der Waals surface area contributed by atoms with Gasteiger partial charge in [0.2, 0.25) is 11.8 Å². The average molecular weight is 382 g/mol. The molecule has 0 aliphatic heterocycles. The minimum absolute atomic E-state index is 0.151.